The smallest absolute Gasteiger partial charge is 0.137 e. The lowest BCUT2D eigenvalue weighted by Crippen LogP contribution is -2.12. The van der Waals surface area contributed by atoms with Crippen molar-refractivity contribution in [2.75, 3.05) is 0 Å². The Morgan fingerprint density at radius 2 is 1.65 bits per heavy atom. The van der Waals surface area contributed by atoms with Crippen molar-refractivity contribution in [2.24, 2.45) is 11.7 Å². The van der Waals surface area contributed by atoms with Crippen LogP contribution in [0.3, 0.4) is 0 Å². The molecule has 0 fully saturated rings. The summed E-state index contributed by atoms with van der Waals surface area (Å²) in [6.45, 7) is 4.41. The van der Waals surface area contributed by atoms with Crippen molar-refractivity contribution in [3.05, 3.63) is 69.4 Å². The molecule has 1 nitrogen and oxygen atoms in total. The van der Waals surface area contributed by atoms with E-state index in [2.05, 4.69) is 54.0 Å². The predicted octanol–water partition coefficient (Wildman–Crippen LogP) is 4.83. The van der Waals surface area contributed by atoms with Crippen LogP contribution < -0.4 is 5.73 Å². The third kappa shape index (κ3) is 3.68. The lowest BCUT2D eigenvalue weighted by atomic mass is 9.96. The second-order valence-corrected chi connectivity index (χ2v) is 6.35. The molecule has 0 aliphatic rings. The van der Waals surface area contributed by atoms with E-state index < -0.39 is 0 Å². The summed E-state index contributed by atoms with van der Waals surface area (Å²) >= 11 is 3.20. The van der Waals surface area contributed by atoms with Gasteiger partial charge in [-0.2, -0.15) is 0 Å². The van der Waals surface area contributed by atoms with Gasteiger partial charge in [-0.05, 0) is 57.1 Å². The third-order valence-corrected chi connectivity index (χ3v) is 3.89. The highest BCUT2D eigenvalue weighted by atomic mass is 79.9. The zero-order chi connectivity index (χ0) is 14.7. The van der Waals surface area contributed by atoms with Crippen molar-refractivity contribution in [3.63, 3.8) is 0 Å². The molecule has 20 heavy (non-hydrogen) atoms. The number of halogens is 2. The van der Waals surface area contributed by atoms with Crippen LogP contribution in [0, 0.1) is 11.7 Å². The zero-order valence-corrected chi connectivity index (χ0v) is 13.3. The molecule has 0 radical (unpaired) electrons. The summed E-state index contributed by atoms with van der Waals surface area (Å²) in [6, 6.07) is 13.0. The van der Waals surface area contributed by atoms with Gasteiger partial charge in [-0.3, -0.25) is 0 Å². The first-order valence-electron chi connectivity index (χ1n) is 6.76. The van der Waals surface area contributed by atoms with E-state index in [0.717, 1.165) is 17.5 Å². The van der Waals surface area contributed by atoms with Crippen LogP contribution in [0.5, 0.6) is 0 Å². The topological polar surface area (TPSA) is 26.0 Å². The van der Waals surface area contributed by atoms with Crippen LogP contribution in [0.2, 0.25) is 0 Å². The van der Waals surface area contributed by atoms with Crippen molar-refractivity contribution < 1.29 is 4.39 Å². The number of nitrogens with two attached hydrogens (primary N) is 1. The van der Waals surface area contributed by atoms with Crippen molar-refractivity contribution >= 4 is 15.9 Å². The maximum absolute atomic E-state index is 13.3. The number of rotatable bonds is 4. The Kier molecular flexibility index (Phi) is 4.95. The van der Waals surface area contributed by atoms with Gasteiger partial charge in [0.15, 0.2) is 0 Å². The van der Waals surface area contributed by atoms with E-state index in [9.17, 15) is 4.39 Å². The van der Waals surface area contributed by atoms with E-state index in [0.29, 0.717) is 10.4 Å². The summed E-state index contributed by atoms with van der Waals surface area (Å²) < 4.78 is 13.7. The molecule has 2 rings (SSSR count). The molecule has 0 aromatic heterocycles. The summed E-state index contributed by atoms with van der Waals surface area (Å²) in [5.41, 5.74) is 9.50. The summed E-state index contributed by atoms with van der Waals surface area (Å²) in [7, 11) is 0. The molecule has 1 unspecified atom stereocenters. The van der Waals surface area contributed by atoms with Crippen LogP contribution in [0.4, 0.5) is 4.39 Å². The monoisotopic (exact) mass is 335 g/mol. The molecular weight excluding hydrogens is 317 g/mol. The van der Waals surface area contributed by atoms with E-state index in [1.54, 1.807) is 12.1 Å². The maximum Gasteiger partial charge on any atom is 0.137 e. The highest BCUT2D eigenvalue weighted by Crippen LogP contribution is 2.25. The third-order valence-electron chi connectivity index (χ3n) is 3.29. The Morgan fingerprint density at radius 1 is 1.05 bits per heavy atom. The fourth-order valence-corrected chi connectivity index (χ4v) is 2.63. The van der Waals surface area contributed by atoms with Gasteiger partial charge in [0.25, 0.3) is 0 Å². The Bertz CT molecular complexity index is 578. The summed E-state index contributed by atoms with van der Waals surface area (Å²) in [5, 5.41) is 0. The molecule has 106 valence electrons. The van der Waals surface area contributed by atoms with E-state index in [-0.39, 0.29) is 11.9 Å². The van der Waals surface area contributed by atoms with Gasteiger partial charge in [-0.25, -0.2) is 4.39 Å². The molecule has 2 N–H and O–H groups in total. The molecule has 0 amide bonds. The van der Waals surface area contributed by atoms with Crippen molar-refractivity contribution in [1.29, 1.82) is 0 Å². The quantitative estimate of drug-likeness (QED) is 0.850. The van der Waals surface area contributed by atoms with Gasteiger partial charge in [0.1, 0.15) is 5.82 Å². The van der Waals surface area contributed by atoms with Crippen LogP contribution in [0.15, 0.2) is 46.9 Å². The molecule has 0 aliphatic carbocycles. The van der Waals surface area contributed by atoms with Gasteiger partial charge in [-0.1, -0.05) is 44.2 Å². The van der Waals surface area contributed by atoms with Crippen molar-refractivity contribution in [2.45, 2.75) is 26.3 Å². The minimum absolute atomic E-state index is 0.236. The molecule has 0 bridgehead atoms. The molecule has 2 aromatic carbocycles. The average molecular weight is 336 g/mol. The van der Waals surface area contributed by atoms with Gasteiger partial charge in [0.05, 0.1) is 10.5 Å². The molecule has 0 heterocycles. The van der Waals surface area contributed by atoms with Crippen LogP contribution in [-0.4, -0.2) is 0 Å². The molecule has 0 spiro atoms. The second kappa shape index (κ2) is 6.51. The molecule has 1 atom stereocenters. The first kappa shape index (κ1) is 15.2. The highest BCUT2D eigenvalue weighted by molar-refractivity contribution is 9.10. The molecule has 0 aliphatic heterocycles. The van der Waals surface area contributed by atoms with E-state index in [4.69, 9.17) is 5.73 Å². The Hall–Kier alpha value is -1.19. The summed E-state index contributed by atoms with van der Waals surface area (Å²) in [6.07, 6.45) is 1.07. The van der Waals surface area contributed by atoms with Crippen LogP contribution >= 0.6 is 15.9 Å². The van der Waals surface area contributed by atoms with Crippen molar-refractivity contribution in [1.82, 2.24) is 0 Å². The molecule has 0 saturated carbocycles. The maximum atomic E-state index is 13.3. The number of benzene rings is 2. The zero-order valence-electron chi connectivity index (χ0n) is 11.7. The molecule has 2 aromatic rings. The Morgan fingerprint density at radius 3 is 2.20 bits per heavy atom. The summed E-state index contributed by atoms with van der Waals surface area (Å²) in [4.78, 5) is 0. The fraction of sp³-hybridized carbons (Fsp3) is 0.294. The molecule has 0 saturated heterocycles. The Labute approximate surface area is 128 Å². The summed E-state index contributed by atoms with van der Waals surface area (Å²) in [5.74, 6) is 0.371. The Balaban J connectivity index is 2.20. The lowest BCUT2D eigenvalue weighted by Gasteiger charge is -2.14. The standard InChI is InChI=1S/C17H19BrFN/c1-11(2)9-12-3-5-13(6-4-12)17(20)14-7-8-16(19)15(18)10-14/h3-8,10-11,17H,9,20H2,1-2H3. The number of hydrogen-bond acceptors (Lipinski definition) is 1. The minimum Gasteiger partial charge on any atom is -0.320 e. The van der Waals surface area contributed by atoms with Crippen molar-refractivity contribution in [3.8, 4) is 0 Å². The first-order valence-corrected chi connectivity index (χ1v) is 7.56. The fourth-order valence-electron chi connectivity index (χ4n) is 2.23. The van der Waals surface area contributed by atoms with Gasteiger partial charge in [0.2, 0.25) is 0 Å². The highest BCUT2D eigenvalue weighted by Gasteiger charge is 2.11. The van der Waals surface area contributed by atoms with Gasteiger partial charge in [-0.15, -0.1) is 0 Å². The normalized spacial score (nSPS) is 12.7. The van der Waals surface area contributed by atoms with Crippen LogP contribution in [0.25, 0.3) is 0 Å². The SMILES string of the molecule is CC(C)Cc1ccc(C(N)c2ccc(F)c(Br)c2)cc1. The largest absolute Gasteiger partial charge is 0.320 e. The van der Waals surface area contributed by atoms with E-state index >= 15 is 0 Å². The van der Waals surface area contributed by atoms with Gasteiger partial charge < -0.3 is 5.73 Å². The molecule has 3 heteroatoms. The van der Waals surface area contributed by atoms with E-state index in [1.165, 1.54) is 11.6 Å². The lowest BCUT2D eigenvalue weighted by molar-refractivity contribution is 0.619. The first-order chi connectivity index (χ1) is 9.47. The average Bonchev–Trinajstić information content (AvgIpc) is 2.41. The number of hydrogen-bond donors (Lipinski definition) is 1. The van der Waals surface area contributed by atoms with Crippen LogP contribution in [0.1, 0.15) is 36.6 Å². The van der Waals surface area contributed by atoms with Gasteiger partial charge in [0, 0.05) is 0 Å². The van der Waals surface area contributed by atoms with Crippen LogP contribution in [-0.2, 0) is 6.42 Å². The van der Waals surface area contributed by atoms with Gasteiger partial charge >= 0.3 is 0 Å². The molecular formula is C17H19BrFN. The predicted molar refractivity (Wildman–Crippen MR) is 85.1 cm³/mol. The van der Waals surface area contributed by atoms with E-state index in [1.807, 2.05) is 0 Å². The second-order valence-electron chi connectivity index (χ2n) is 5.49. The minimum atomic E-state index is -0.270.